The van der Waals surface area contributed by atoms with E-state index in [1.54, 1.807) is 30.3 Å². The second kappa shape index (κ2) is 8.11. The fourth-order valence-corrected chi connectivity index (χ4v) is 4.36. The normalized spacial score (nSPS) is 17.9. The molecule has 1 heterocycles. The highest BCUT2D eigenvalue weighted by atomic mass is 16.5. The number of phenols is 1. The summed E-state index contributed by atoms with van der Waals surface area (Å²) < 4.78 is 10.9. The molecule has 0 bridgehead atoms. The molecule has 2 N–H and O–H groups in total. The van der Waals surface area contributed by atoms with Crippen molar-refractivity contribution < 1.29 is 24.2 Å². The van der Waals surface area contributed by atoms with Crippen molar-refractivity contribution in [2.24, 2.45) is 0 Å². The third-order valence-corrected chi connectivity index (χ3v) is 5.27. The predicted octanol–water partition coefficient (Wildman–Crippen LogP) is 4.10. The van der Waals surface area contributed by atoms with Gasteiger partial charge in [-0.1, -0.05) is 18.2 Å². The predicted molar refractivity (Wildman–Crippen MR) is 114 cm³/mol. The lowest BCUT2D eigenvalue weighted by Gasteiger charge is -2.45. The molecule has 6 heteroatoms. The molecule has 0 radical (unpaired) electrons. The van der Waals surface area contributed by atoms with Crippen LogP contribution in [0.2, 0.25) is 0 Å². The number of nitrogens with one attached hydrogen (secondary N) is 1. The van der Waals surface area contributed by atoms with E-state index in [-0.39, 0.29) is 39.6 Å². The van der Waals surface area contributed by atoms with Crippen LogP contribution in [0.15, 0.2) is 42.5 Å². The Hall–Kier alpha value is -2.86. The smallest absolute Gasteiger partial charge is 0.339 e. The fourth-order valence-electron chi connectivity index (χ4n) is 4.36. The van der Waals surface area contributed by atoms with Crippen LogP contribution < -0.4 is 10.1 Å². The van der Waals surface area contributed by atoms with Crippen LogP contribution in [0.1, 0.15) is 66.8 Å². The van der Waals surface area contributed by atoms with Crippen molar-refractivity contribution in [1.82, 2.24) is 5.32 Å². The maximum atomic E-state index is 13.1. The van der Waals surface area contributed by atoms with Crippen LogP contribution in [-0.2, 0) is 4.74 Å². The Morgan fingerprint density at radius 3 is 2.13 bits per heavy atom. The minimum absolute atomic E-state index is 0.0974. The zero-order chi connectivity index (χ0) is 22.1. The average Bonchev–Trinajstić information content (AvgIpc) is 2.64. The van der Waals surface area contributed by atoms with Crippen LogP contribution >= 0.6 is 0 Å². The summed E-state index contributed by atoms with van der Waals surface area (Å²) in [5.74, 6) is -0.753. The summed E-state index contributed by atoms with van der Waals surface area (Å²) in [7, 11) is 1.48. The zero-order valence-electron chi connectivity index (χ0n) is 18.1. The van der Waals surface area contributed by atoms with Crippen LogP contribution in [0, 0.1) is 0 Å². The first-order chi connectivity index (χ1) is 14.0. The number of carbonyl (C=O) groups is 2. The van der Waals surface area contributed by atoms with Crippen LogP contribution in [0.4, 0.5) is 0 Å². The number of carbonyl (C=O) groups excluding carboxylic acids is 2. The SMILES string of the molecule is COc1ccc(C(=O)c2ccccc2C(=O)OC2CC(C)(C)NC(C)(C)C2)c(O)c1. The van der Waals surface area contributed by atoms with Crippen LogP contribution in [-0.4, -0.2) is 41.2 Å². The number of hydrogen-bond donors (Lipinski definition) is 2. The first kappa shape index (κ1) is 21.8. The quantitative estimate of drug-likeness (QED) is 0.569. The Morgan fingerprint density at radius 1 is 0.967 bits per heavy atom. The number of phenolic OH excluding ortho intramolecular Hbond substituents is 1. The first-order valence-electron chi connectivity index (χ1n) is 10.0. The zero-order valence-corrected chi connectivity index (χ0v) is 18.1. The van der Waals surface area contributed by atoms with Gasteiger partial charge >= 0.3 is 5.97 Å². The third-order valence-electron chi connectivity index (χ3n) is 5.27. The van der Waals surface area contributed by atoms with Crippen molar-refractivity contribution in [3.63, 3.8) is 0 Å². The monoisotopic (exact) mass is 411 g/mol. The molecule has 0 amide bonds. The van der Waals surface area contributed by atoms with E-state index < -0.39 is 11.8 Å². The van der Waals surface area contributed by atoms with Gasteiger partial charge in [-0.05, 0) is 45.9 Å². The molecular weight excluding hydrogens is 382 g/mol. The first-order valence-corrected chi connectivity index (χ1v) is 10.0. The fraction of sp³-hybridized carbons (Fsp3) is 0.417. The van der Waals surface area contributed by atoms with Crippen molar-refractivity contribution in [2.75, 3.05) is 7.11 Å². The molecule has 3 rings (SSSR count). The minimum Gasteiger partial charge on any atom is -0.507 e. The van der Waals surface area contributed by atoms with Gasteiger partial charge in [0.2, 0.25) is 0 Å². The van der Waals surface area contributed by atoms with Crippen molar-refractivity contribution in [3.05, 3.63) is 59.2 Å². The van der Waals surface area contributed by atoms with Gasteiger partial charge in [-0.2, -0.15) is 0 Å². The molecule has 1 saturated heterocycles. The number of hydrogen-bond acceptors (Lipinski definition) is 6. The molecular formula is C24H29NO5. The van der Waals surface area contributed by atoms with E-state index in [0.29, 0.717) is 18.6 Å². The Morgan fingerprint density at radius 2 is 1.57 bits per heavy atom. The summed E-state index contributed by atoms with van der Waals surface area (Å²) in [6.07, 6.45) is 1.09. The number of benzene rings is 2. The van der Waals surface area contributed by atoms with Gasteiger partial charge in [0.15, 0.2) is 5.78 Å². The standard InChI is InChI=1S/C24H29NO5/c1-23(2)13-16(14-24(3,4)25-23)30-22(28)18-9-7-6-8-17(18)21(27)19-11-10-15(29-5)12-20(19)26/h6-12,16,25-26H,13-14H2,1-5H3. The molecule has 30 heavy (non-hydrogen) atoms. The number of methoxy groups -OCH3 is 1. The highest BCUT2D eigenvalue weighted by Crippen LogP contribution is 2.32. The molecule has 1 aliphatic heterocycles. The van der Waals surface area contributed by atoms with Gasteiger partial charge in [0.1, 0.15) is 17.6 Å². The molecule has 6 nitrogen and oxygen atoms in total. The second-order valence-corrected chi connectivity index (χ2v) is 9.09. The molecule has 2 aromatic rings. The number of ether oxygens (including phenoxy) is 2. The Bertz CT molecular complexity index is 948. The highest BCUT2D eigenvalue weighted by Gasteiger charge is 2.39. The summed E-state index contributed by atoms with van der Waals surface area (Å²) >= 11 is 0. The van der Waals surface area contributed by atoms with Crippen molar-refractivity contribution >= 4 is 11.8 Å². The van der Waals surface area contributed by atoms with Gasteiger partial charge in [-0.25, -0.2) is 4.79 Å². The van der Waals surface area contributed by atoms with E-state index in [0.717, 1.165) is 0 Å². The summed E-state index contributed by atoms with van der Waals surface area (Å²) in [6, 6.07) is 11.0. The van der Waals surface area contributed by atoms with Crippen LogP contribution in [0.5, 0.6) is 11.5 Å². The highest BCUT2D eigenvalue weighted by molar-refractivity contribution is 6.15. The van der Waals surface area contributed by atoms with E-state index in [4.69, 9.17) is 9.47 Å². The second-order valence-electron chi connectivity index (χ2n) is 9.09. The summed E-state index contributed by atoms with van der Waals surface area (Å²) in [6.45, 7) is 8.33. The molecule has 0 aliphatic carbocycles. The molecule has 0 unspecified atom stereocenters. The summed E-state index contributed by atoms with van der Waals surface area (Å²) in [5.41, 5.74) is 0.135. The van der Waals surface area contributed by atoms with E-state index in [1.807, 2.05) is 0 Å². The average molecular weight is 411 g/mol. The van der Waals surface area contributed by atoms with Crippen molar-refractivity contribution in [1.29, 1.82) is 0 Å². The molecule has 0 atom stereocenters. The molecule has 1 fully saturated rings. The van der Waals surface area contributed by atoms with E-state index >= 15 is 0 Å². The number of aromatic hydroxyl groups is 1. The third kappa shape index (κ3) is 4.82. The van der Waals surface area contributed by atoms with Crippen LogP contribution in [0.3, 0.4) is 0 Å². The molecule has 1 aliphatic rings. The number of ketones is 1. The van der Waals surface area contributed by atoms with Crippen LogP contribution in [0.25, 0.3) is 0 Å². The lowest BCUT2D eigenvalue weighted by atomic mass is 9.81. The van der Waals surface area contributed by atoms with Gasteiger partial charge in [0.05, 0.1) is 18.2 Å². The van der Waals surface area contributed by atoms with Crippen molar-refractivity contribution in [2.45, 2.75) is 57.7 Å². The number of piperidine rings is 1. The van der Waals surface area contributed by atoms with E-state index in [1.165, 1.54) is 19.2 Å². The summed E-state index contributed by atoms with van der Waals surface area (Å²) in [5, 5.41) is 13.8. The number of esters is 1. The van der Waals surface area contributed by atoms with Crippen molar-refractivity contribution in [3.8, 4) is 11.5 Å². The molecule has 0 aromatic heterocycles. The Balaban J connectivity index is 1.86. The van der Waals surface area contributed by atoms with Gasteiger partial charge in [-0.3, -0.25) is 4.79 Å². The van der Waals surface area contributed by atoms with E-state index in [2.05, 4.69) is 33.0 Å². The molecule has 0 spiro atoms. The molecule has 2 aromatic carbocycles. The van der Waals surface area contributed by atoms with E-state index in [9.17, 15) is 14.7 Å². The minimum atomic E-state index is -0.537. The largest absolute Gasteiger partial charge is 0.507 e. The lowest BCUT2D eigenvalue weighted by Crippen LogP contribution is -2.59. The lowest BCUT2D eigenvalue weighted by molar-refractivity contribution is -0.00650. The molecule has 0 saturated carbocycles. The summed E-state index contributed by atoms with van der Waals surface area (Å²) in [4.78, 5) is 26.1. The van der Waals surface area contributed by atoms with Gasteiger partial charge in [0, 0.05) is 35.5 Å². The maximum absolute atomic E-state index is 13.1. The molecule has 160 valence electrons. The van der Waals surface area contributed by atoms with Gasteiger partial charge in [-0.15, -0.1) is 0 Å². The Labute approximate surface area is 177 Å². The number of rotatable bonds is 5. The topological polar surface area (TPSA) is 84.9 Å². The van der Waals surface area contributed by atoms with Gasteiger partial charge < -0.3 is 19.9 Å². The Kier molecular flexibility index (Phi) is 5.90. The van der Waals surface area contributed by atoms with Gasteiger partial charge in [0.25, 0.3) is 0 Å². The maximum Gasteiger partial charge on any atom is 0.339 e.